The average Bonchev–Trinajstić information content (AvgIpc) is 2.89. The molecule has 2 amide bonds. The molecule has 4 nitrogen and oxygen atoms in total. The summed E-state index contributed by atoms with van der Waals surface area (Å²) >= 11 is 0. The van der Waals surface area contributed by atoms with Crippen LogP contribution in [0, 0.1) is 12.8 Å². The number of benzene rings is 1. The first-order valence-electron chi connectivity index (χ1n) is 8.24. The lowest BCUT2D eigenvalue weighted by molar-refractivity contribution is -0.139. The van der Waals surface area contributed by atoms with Crippen molar-refractivity contribution in [2.45, 2.75) is 45.6 Å². The van der Waals surface area contributed by atoms with Crippen LogP contribution in [0.1, 0.15) is 38.2 Å². The highest BCUT2D eigenvalue weighted by Crippen LogP contribution is 2.30. The molecule has 2 heterocycles. The largest absolute Gasteiger partial charge is 0.340 e. The van der Waals surface area contributed by atoms with Gasteiger partial charge in [0.05, 0.1) is 5.92 Å². The maximum Gasteiger partial charge on any atom is 0.228 e. The van der Waals surface area contributed by atoms with Crippen molar-refractivity contribution in [2.24, 2.45) is 5.92 Å². The van der Waals surface area contributed by atoms with Gasteiger partial charge in [-0.05, 0) is 44.7 Å². The SMILES string of the molecule is Cc1ccccc1N1C[C@H](C(=O)N2CCCC[C@H]2C)CC1=O. The van der Waals surface area contributed by atoms with Crippen molar-refractivity contribution in [1.82, 2.24) is 4.90 Å². The molecular weight excluding hydrogens is 276 g/mol. The van der Waals surface area contributed by atoms with Crippen molar-refractivity contribution in [3.63, 3.8) is 0 Å². The van der Waals surface area contributed by atoms with Crippen LogP contribution in [0.5, 0.6) is 0 Å². The van der Waals surface area contributed by atoms with Crippen molar-refractivity contribution < 1.29 is 9.59 Å². The minimum absolute atomic E-state index is 0.0670. The minimum atomic E-state index is -0.187. The molecule has 0 aliphatic carbocycles. The molecule has 0 saturated carbocycles. The summed E-state index contributed by atoms with van der Waals surface area (Å²) in [4.78, 5) is 28.9. The van der Waals surface area contributed by atoms with Gasteiger partial charge >= 0.3 is 0 Å². The van der Waals surface area contributed by atoms with Gasteiger partial charge in [-0.3, -0.25) is 9.59 Å². The van der Waals surface area contributed by atoms with Gasteiger partial charge in [0.1, 0.15) is 0 Å². The number of carbonyl (C=O) groups is 2. The Bertz CT molecular complexity index is 584. The van der Waals surface area contributed by atoms with Crippen LogP contribution in [0.4, 0.5) is 5.69 Å². The molecule has 1 aromatic carbocycles. The van der Waals surface area contributed by atoms with Gasteiger partial charge in [-0.25, -0.2) is 0 Å². The molecule has 0 bridgehead atoms. The number of nitrogens with zero attached hydrogens (tertiary/aromatic N) is 2. The molecule has 22 heavy (non-hydrogen) atoms. The lowest BCUT2D eigenvalue weighted by atomic mass is 9.99. The van der Waals surface area contributed by atoms with Crippen LogP contribution in [0.15, 0.2) is 24.3 Å². The van der Waals surface area contributed by atoms with E-state index in [1.165, 1.54) is 6.42 Å². The lowest BCUT2D eigenvalue weighted by Gasteiger charge is -2.35. The van der Waals surface area contributed by atoms with Gasteiger partial charge in [0.2, 0.25) is 11.8 Å². The fourth-order valence-electron chi connectivity index (χ4n) is 3.63. The molecule has 2 atom stereocenters. The number of para-hydroxylation sites is 1. The van der Waals surface area contributed by atoms with Gasteiger partial charge in [-0.15, -0.1) is 0 Å². The van der Waals surface area contributed by atoms with E-state index >= 15 is 0 Å². The monoisotopic (exact) mass is 300 g/mol. The Morgan fingerprint density at radius 1 is 1.23 bits per heavy atom. The molecule has 0 unspecified atom stereocenters. The molecular formula is C18H24N2O2. The van der Waals surface area contributed by atoms with Crippen LogP contribution >= 0.6 is 0 Å². The van der Waals surface area contributed by atoms with Crippen molar-refractivity contribution >= 4 is 17.5 Å². The van der Waals surface area contributed by atoms with E-state index in [4.69, 9.17) is 0 Å². The predicted octanol–water partition coefficient (Wildman–Crippen LogP) is 2.75. The zero-order valence-electron chi connectivity index (χ0n) is 13.4. The van der Waals surface area contributed by atoms with Crippen LogP contribution in [0.25, 0.3) is 0 Å². The van der Waals surface area contributed by atoms with E-state index < -0.39 is 0 Å². The molecule has 2 saturated heterocycles. The molecule has 0 aromatic heterocycles. The van der Waals surface area contributed by atoms with E-state index in [1.54, 1.807) is 4.90 Å². The first kappa shape index (κ1) is 15.1. The summed E-state index contributed by atoms with van der Waals surface area (Å²) in [6.45, 7) is 5.48. The summed E-state index contributed by atoms with van der Waals surface area (Å²) < 4.78 is 0. The first-order valence-corrected chi connectivity index (χ1v) is 8.24. The normalized spacial score (nSPS) is 25.6. The van der Waals surface area contributed by atoms with Gasteiger partial charge in [-0.1, -0.05) is 18.2 Å². The first-order chi connectivity index (χ1) is 10.6. The molecule has 2 aliphatic rings. The third-order valence-corrected chi connectivity index (χ3v) is 4.97. The molecule has 118 valence electrons. The summed E-state index contributed by atoms with van der Waals surface area (Å²) in [6, 6.07) is 8.19. The van der Waals surface area contributed by atoms with Crippen molar-refractivity contribution in [3.05, 3.63) is 29.8 Å². The molecule has 4 heteroatoms. The van der Waals surface area contributed by atoms with E-state index in [-0.39, 0.29) is 17.7 Å². The summed E-state index contributed by atoms with van der Waals surface area (Å²) in [7, 11) is 0. The Morgan fingerprint density at radius 2 is 2.00 bits per heavy atom. The Morgan fingerprint density at radius 3 is 2.73 bits per heavy atom. The zero-order chi connectivity index (χ0) is 15.7. The van der Waals surface area contributed by atoms with Gasteiger partial charge in [0.25, 0.3) is 0 Å². The average molecular weight is 300 g/mol. The Hall–Kier alpha value is -1.84. The van der Waals surface area contributed by atoms with Crippen molar-refractivity contribution in [3.8, 4) is 0 Å². The number of amides is 2. The third kappa shape index (κ3) is 2.74. The Kier molecular flexibility index (Phi) is 4.19. The van der Waals surface area contributed by atoms with Gasteiger partial charge in [-0.2, -0.15) is 0 Å². The molecule has 1 aromatic rings. The van der Waals surface area contributed by atoms with Crippen LogP contribution < -0.4 is 4.90 Å². The number of hydrogen-bond acceptors (Lipinski definition) is 2. The van der Waals surface area contributed by atoms with E-state index in [0.717, 1.165) is 30.6 Å². The second-order valence-electron chi connectivity index (χ2n) is 6.57. The molecule has 2 aliphatic heterocycles. The van der Waals surface area contributed by atoms with Crippen LogP contribution in [-0.2, 0) is 9.59 Å². The Labute approximate surface area is 132 Å². The topological polar surface area (TPSA) is 40.6 Å². The molecule has 0 radical (unpaired) electrons. The van der Waals surface area contributed by atoms with Crippen LogP contribution in [-0.4, -0.2) is 35.8 Å². The quantitative estimate of drug-likeness (QED) is 0.842. The predicted molar refractivity (Wildman–Crippen MR) is 86.7 cm³/mol. The summed E-state index contributed by atoms with van der Waals surface area (Å²) in [5.41, 5.74) is 2.02. The maximum atomic E-state index is 12.8. The van der Waals surface area contributed by atoms with Gasteiger partial charge in [0, 0.05) is 31.2 Å². The third-order valence-electron chi connectivity index (χ3n) is 4.97. The van der Waals surface area contributed by atoms with Crippen molar-refractivity contribution in [1.29, 1.82) is 0 Å². The molecule has 2 fully saturated rings. The number of anilines is 1. The van der Waals surface area contributed by atoms with E-state index in [2.05, 4.69) is 6.92 Å². The molecule has 0 N–H and O–H groups in total. The second-order valence-corrected chi connectivity index (χ2v) is 6.57. The maximum absolute atomic E-state index is 12.8. The summed E-state index contributed by atoms with van der Waals surface area (Å²) in [5, 5.41) is 0. The standard InChI is InChI=1S/C18H24N2O2/c1-13-7-3-4-9-16(13)20-12-15(11-17(20)21)18(22)19-10-6-5-8-14(19)2/h3-4,7,9,14-15H,5-6,8,10-12H2,1-2H3/t14-,15-/m1/s1. The van der Waals surface area contributed by atoms with Gasteiger partial charge < -0.3 is 9.80 Å². The number of hydrogen-bond donors (Lipinski definition) is 0. The second kappa shape index (κ2) is 6.11. The van der Waals surface area contributed by atoms with E-state index in [9.17, 15) is 9.59 Å². The molecule has 0 spiro atoms. The number of rotatable bonds is 2. The fourth-order valence-corrected chi connectivity index (χ4v) is 3.63. The lowest BCUT2D eigenvalue weighted by Crippen LogP contribution is -2.45. The minimum Gasteiger partial charge on any atom is -0.340 e. The number of carbonyl (C=O) groups excluding carboxylic acids is 2. The summed E-state index contributed by atoms with van der Waals surface area (Å²) in [5.74, 6) is 0.0432. The highest BCUT2D eigenvalue weighted by molar-refractivity contribution is 6.00. The van der Waals surface area contributed by atoms with Crippen LogP contribution in [0.3, 0.4) is 0 Å². The van der Waals surface area contributed by atoms with Gasteiger partial charge in [0.15, 0.2) is 0 Å². The van der Waals surface area contributed by atoms with Crippen molar-refractivity contribution in [2.75, 3.05) is 18.0 Å². The Balaban J connectivity index is 1.74. The highest BCUT2D eigenvalue weighted by Gasteiger charge is 2.38. The van der Waals surface area contributed by atoms with E-state index in [1.807, 2.05) is 36.1 Å². The fraction of sp³-hybridized carbons (Fsp3) is 0.556. The smallest absolute Gasteiger partial charge is 0.228 e. The van der Waals surface area contributed by atoms with Crippen LogP contribution in [0.2, 0.25) is 0 Å². The number of piperidine rings is 1. The molecule has 3 rings (SSSR count). The highest BCUT2D eigenvalue weighted by atomic mass is 16.2. The number of aryl methyl sites for hydroxylation is 1. The number of likely N-dealkylation sites (tertiary alicyclic amines) is 1. The zero-order valence-corrected chi connectivity index (χ0v) is 13.4. The van der Waals surface area contributed by atoms with E-state index in [0.29, 0.717) is 19.0 Å². The summed E-state index contributed by atoms with van der Waals surface area (Å²) in [6.07, 6.45) is 3.70.